The number of hydrogen-bond acceptors (Lipinski definition) is 6. The Hall–Kier alpha value is -3.65. The molecule has 0 spiro atoms. The Balaban J connectivity index is 1.62. The van der Waals surface area contributed by atoms with Crippen LogP contribution in [-0.2, 0) is 21.6 Å². The minimum Gasteiger partial charge on any atom is -0.508 e. The van der Waals surface area contributed by atoms with Gasteiger partial charge in [-0.15, -0.1) is 0 Å². The number of phenolic OH excluding ortho intramolecular Hbond substituents is 1. The molecule has 1 atom stereocenters. The Morgan fingerprint density at radius 3 is 2.49 bits per heavy atom. The minimum atomic E-state index is -1.49. The number of ether oxygens (including phenoxy) is 1. The van der Waals surface area contributed by atoms with Crippen molar-refractivity contribution in [3.8, 4) is 17.6 Å². The van der Waals surface area contributed by atoms with Gasteiger partial charge in [0.2, 0.25) is 0 Å². The molecule has 2 aromatic carbocycles. The Labute approximate surface area is 230 Å². The van der Waals surface area contributed by atoms with Crippen molar-refractivity contribution in [2.45, 2.75) is 37.8 Å². The maximum atomic E-state index is 13.9. The minimum absolute atomic E-state index is 0.00323. The van der Waals surface area contributed by atoms with Crippen LogP contribution in [0.2, 0.25) is 25.7 Å². The van der Waals surface area contributed by atoms with Crippen LogP contribution in [-0.4, -0.2) is 86.2 Å². The van der Waals surface area contributed by atoms with Crippen LogP contribution >= 0.6 is 0 Å². The van der Waals surface area contributed by atoms with Crippen LogP contribution in [0, 0.1) is 11.8 Å². The third-order valence-electron chi connectivity index (χ3n) is 6.80. The summed E-state index contributed by atoms with van der Waals surface area (Å²) < 4.78 is 5.75. The summed E-state index contributed by atoms with van der Waals surface area (Å²) in [6.45, 7) is 7.80. The van der Waals surface area contributed by atoms with Gasteiger partial charge in [-0.25, -0.2) is 9.69 Å². The van der Waals surface area contributed by atoms with Crippen molar-refractivity contribution in [2.75, 3.05) is 40.5 Å². The first-order chi connectivity index (χ1) is 18.4. The van der Waals surface area contributed by atoms with Crippen molar-refractivity contribution >= 4 is 25.9 Å². The molecule has 0 aliphatic carbocycles. The molecule has 4 amide bonds. The van der Waals surface area contributed by atoms with Gasteiger partial charge in [-0.3, -0.25) is 14.5 Å². The summed E-state index contributed by atoms with van der Waals surface area (Å²) in [5.74, 6) is 5.40. The molecule has 0 bridgehead atoms. The normalized spacial score (nSPS) is 18.9. The highest BCUT2D eigenvalue weighted by molar-refractivity contribution is 6.76. The summed E-state index contributed by atoms with van der Waals surface area (Å²) in [6.07, 6.45) is 0. The molecule has 2 aliphatic rings. The van der Waals surface area contributed by atoms with Gasteiger partial charge >= 0.3 is 6.03 Å². The highest BCUT2D eigenvalue weighted by atomic mass is 28.3. The van der Waals surface area contributed by atoms with E-state index in [-0.39, 0.29) is 31.5 Å². The number of aromatic hydroxyl groups is 1. The van der Waals surface area contributed by atoms with E-state index in [1.54, 1.807) is 18.2 Å². The standard InChI is InChI=1S/C29H36N4O5Si/c1-31(2)14-6-7-21-8-11-23(12-9-21)29(19-32-18-22-10-13-24(34)17-25(22)26(32)35)27(36)33(28(37)30-29)20-38-15-16-39(3,4)5/h8-13,17,34H,14-16,18-20H2,1-5H3,(H,30,37)/t29-/m0/s1. The van der Waals surface area contributed by atoms with Gasteiger partial charge in [-0.05, 0) is 55.5 Å². The molecule has 10 heteroatoms. The van der Waals surface area contributed by atoms with Gasteiger partial charge in [0.15, 0.2) is 5.54 Å². The van der Waals surface area contributed by atoms with Crippen LogP contribution in [0.5, 0.6) is 5.75 Å². The molecule has 0 aromatic heterocycles. The largest absolute Gasteiger partial charge is 0.508 e. The lowest BCUT2D eigenvalue weighted by molar-refractivity contribution is -0.135. The van der Waals surface area contributed by atoms with Gasteiger partial charge in [-0.2, -0.15) is 0 Å². The number of rotatable bonds is 9. The molecular formula is C29H36N4O5Si. The molecule has 39 heavy (non-hydrogen) atoms. The monoisotopic (exact) mass is 548 g/mol. The number of phenols is 1. The number of amides is 4. The average molecular weight is 549 g/mol. The van der Waals surface area contributed by atoms with E-state index < -0.39 is 25.6 Å². The molecular weight excluding hydrogens is 512 g/mol. The zero-order chi connectivity index (χ0) is 28.4. The lowest BCUT2D eigenvalue weighted by Gasteiger charge is -2.32. The fourth-order valence-electron chi connectivity index (χ4n) is 4.57. The first kappa shape index (κ1) is 28.4. The predicted molar refractivity (Wildman–Crippen MR) is 151 cm³/mol. The van der Waals surface area contributed by atoms with E-state index in [1.807, 2.05) is 31.1 Å². The predicted octanol–water partition coefficient (Wildman–Crippen LogP) is 3.02. The molecule has 2 aliphatic heterocycles. The lowest BCUT2D eigenvalue weighted by atomic mass is 9.88. The summed E-state index contributed by atoms with van der Waals surface area (Å²) in [7, 11) is 2.54. The first-order valence-electron chi connectivity index (χ1n) is 13.0. The van der Waals surface area contributed by atoms with Gasteiger partial charge in [0.05, 0.1) is 13.1 Å². The molecule has 2 aromatic rings. The smallest absolute Gasteiger partial charge is 0.327 e. The van der Waals surface area contributed by atoms with E-state index in [1.165, 1.54) is 17.0 Å². The van der Waals surface area contributed by atoms with Crippen molar-refractivity contribution in [3.05, 3.63) is 64.7 Å². The number of urea groups is 1. The zero-order valence-corrected chi connectivity index (χ0v) is 24.2. The number of hydrogen-bond donors (Lipinski definition) is 2. The molecule has 0 unspecified atom stereocenters. The topological polar surface area (TPSA) is 102 Å². The number of benzene rings is 2. The maximum Gasteiger partial charge on any atom is 0.327 e. The van der Waals surface area contributed by atoms with Crippen molar-refractivity contribution in [1.29, 1.82) is 0 Å². The van der Waals surface area contributed by atoms with Crippen molar-refractivity contribution in [2.24, 2.45) is 0 Å². The second-order valence-corrected chi connectivity index (χ2v) is 17.2. The lowest BCUT2D eigenvalue weighted by Crippen LogP contribution is -2.53. The summed E-state index contributed by atoms with van der Waals surface area (Å²) >= 11 is 0. The molecule has 206 valence electrons. The highest BCUT2D eigenvalue weighted by Gasteiger charge is 2.54. The quantitative estimate of drug-likeness (QED) is 0.216. The molecule has 1 saturated heterocycles. The number of imide groups is 1. The number of carbonyl (C=O) groups excluding carboxylic acids is 3. The number of carbonyl (C=O) groups is 3. The third kappa shape index (κ3) is 6.33. The fraction of sp³-hybridized carbons (Fsp3) is 0.414. The summed E-state index contributed by atoms with van der Waals surface area (Å²) in [4.78, 5) is 44.9. The Morgan fingerprint density at radius 1 is 1.10 bits per heavy atom. The average Bonchev–Trinajstić information content (AvgIpc) is 3.29. The third-order valence-corrected chi connectivity index (χ3v) is 8.50. The Morgan fingerprint density at radius 2 is 1.82 bits per heavy atom. The molecule has 9 nitrogen and oxygen atoms in total. The number of nitrogens with zero attached hydrogens (tertiary/aromatic N) is 3. The second-order valence-electron chi connectivity index (χ2n) is 11.5. The Kier molecular flexibility index (Phi) is 8.16. The molecule has 1 fully saturated rings. The molecule has 0 radical (unpaired) electrons. The van der Waals surface area contributed by atoms with Gasteiger partial charge in [-0.1, -0.05) is 49.7 Å². The van der Waals surface area contributed by atoms with E-state index >= 15 is 0 Å². The molecule has 4 rings (SSSR count). The summed E-state index contributed by atoms with van der Waals surface area (Å²) in [6, 6.07) is 12.2. The number of fused-ring (bicyclic) bond motifs is 1. The van der Waals surface area contributed by atoms with Gasteiger partial charge in [0, 0.05) is 32.4 Å². The van der Waals surface area contributed by atoms with Crippen molar-refractivity contribution in [3.63, 3.8) is 0 Å². The SMILES string of the molecule is CN(C)CC#Cc1ccc([C@]2(CN3Cc4ccc(O)cc4C3=O)NC(=O)N(COCC[Si](C)(C)C)C2=O)cc1. The number of nitrogens with one attached hydrogen (secondary N) is 1. The maximum absolute atomic E-state index is 13.9. The van der Waals surface area contributed by atoms with Crippen LogP contribution in [0.25, 0.3) is 0 Å². The zero-order valence-electron chi connectivity index (χ0n) is 23.2. The molecule has 0 saturated carbocycles. The van der Waals surface area contributed by atoms with E-state index in [0.717, 1.165) is 22.1 Å². The van der Waals surface area contributed by atoms with E-state index in [4.69, 9.17) is 4.74 Å². The van der Waals surface area contributed by atoms with E-state index in [0.29, 0.717) is 24.3 Å². The molecule has 2 heterocycles. The van der Waals surface area contributed by atoms with E-state index in [9.17, 15) is 19.5 Å². The Bertz CT molecular complexity index is 1330. The van der Waals surface area contributed by atoms with E-state index in [2.05, 4.69) is 36.8 Å². The van der Waals surface area contributed by atoms with Crippen molar-refractivity contribution < 1.29 is 24.2 Å². The first-order valence-corrected chi connectivity index (χ1v) is 16.7. The van der Waals surface area contributed by atoms with Crippen LogP contribution in [0.3, 0.4) is 0 Å². The van der Waals surface area contributed by atoms with Crippen molar-refractivity contribution in [1.82, 2.24) is 20.0 Å². The van der Waals surface area contributed by atoms with Crippen LogP contribution in [0.1, 0.15) is 27.0 Å². The summed E-state index contributed by atoms with van der Waals surface area (Å²) in [5.41, 5.74) is 0.978. The van der Waals surface area contributed by atoms with Crippen LogP contribution < -0.4 is 5.32 Å². The van der Waals surface area contributed by atoms with Crippen LogP contribution in [0.4, 0.5) is 4.79 Å². The summed E-state index contributed by atoms with van der Waals surface area (Å²) in [5, 5.41) is 12.8. The molecule has 2 N–H and O–H groups in total. The highest BCUT2D eigenvalue weighted by Crippen LogP contribution is 2.34. The van der Waals surface area contributed by atoms with Gasteiger partial charge in [0.1, 0.15) is 12.5 Å². The van der Waals surface area contributed by atoms with Gasteiger partial charge in [0.25, 0.3) is 11.8 Å². The van der Waals surface area contributed by atoms with Crippen LogP contribution in [0.15, 0.2) is 42.5 Å². The van der Waals surface area contributed by atoms with Gasteiger partial charge < -0.3 is 20.1 Å². The fourth-order valence-corrected chi connectivity index (χ4v) is 5.33. The second kappa shape index (κ2) is 11.2.